The highest BCUT2D eigenvalue weighted by Gasteiger charge is 2.13. The van der Waals surface area contributed by atoms with Gasteiger partial charge in [0.15, 0.2) is 11.6 Å². The Hall–Kier alpha value is -1.28. The fraction of sp³-hybridized carbons (Fsp3) is 0.538. The average molecular weight is 296 g/mol. The molecule has 110 valence electrons. The van der Waals surface area contributed by atoms with Gasteiger partial charge in [-0.3, -0.25) is 0 Å². The molecular weight excluding hydrogens is 276 g/mol. The molecule has 0 bridgehead atoms. The zero-order chi connectivity index (χ0) is 14.5. The first kappa shape index (κ1) is 15.1. The van der Waals surface area contributed by atoms with Crippen LogP contribution < -0.4 is 11.3 Å². The summed E-state index contributed by atoms with van der Waals surface area (Å²) in [4.78, 5) is 11.1. The van der Waals surface area contributed by atoms with E-state index in [0.29, 0.717) is 38.1 Å². The Kier molecular flexibility index (Phi) is 5.24. The summed E-state index contributed by atoms with van der Waals surface area (Å²) in [6.45, 7) is 8.24. The van der Waals surface area contributed by atoms with Crippen molar-refractivity contribution in [3.05, 3.63) is 16.3 Å². The van der Waals surface area contributed by atoms with Gasteiger partial charge in [-0.25, -0.2) is 15.8 Å². The highest BCUT2D eigenvalue weighted by molar-refractivity contribution is 7.18. The van der Waals surface area contributed by atoms with Crippen LogP contribution in [0, 0.1) is 13.8 Å². The molecule has 0 atom stereocenters. The van der Waals surface area contributed by atoms with E-state index in [1.165, 1.54) is 10.4 Å². The third-order valence-electron chi connectivity index (χ3n) is 3.02. The predicted octanol–water partition coefficient (Wildman–Crippen LogP) is 2.15. The van der Waals surface area contributed by atoms with Gasteiger partial charge in [-0.2, -0.15) is 0 Å². The van der Waals surface area contributed by atoms with Gasteiger partial charge in [-0.05, 0) is 26.3 Å². The predicted molar refractivity (Wildman–Crippen MR) is 80.8 cm³/mol. The smallest absolute Gasteiger partial charge is 0.158 e. The lowest BCUT2D eigenvalue weighted by molar-refractivity contribution is 0.0430. The second-order valence-corrected chi connectivity index (χ2v) is 5.55. The van der Waals surface area contributed by atoms with Crippen LogP contribution in [0.2, 0.25) is 0 Å². The van der Waals surface area contributed by atoms with E-state index in [4.69, 9.17) is 15.3 Å². The molecule has 7 heteroatoms. The van der Waals surface area contributed by atoms with E-state index in [1.807, 2.05) is 6.92 Å². The number of fused-ring (bicyclic) bond motifs is 1. The molecular formula is C13H20N4O2S. The summed E-state index contributed by atoms with van der Waals surface area (Å²) in [5.74, 6) is 6.84. The van der Waals surface area contributed by atoms with Crippen molar-refractivity contribution in [3.63, 3.8) is 0 Å². The largest absolute Gasteiger partial charge is 0.379 e. The van der Waals surface area contributed by atoms with Crippen molar-refractivity contribution in [2.45, 2.75) is 27.4 Å². The highest BCUT2D eigenvalue weighted by atomic mass is 32.1. The third kappa shape index (κ3) is 3.24. The first-order chi connectivity index (χ1) is 9.67. The first-order valence-electron chi connectivity index (χ1n) is 6.56. The Morgan fingerprint density at radius 2 is 1.95 bits per heavy atom. The topological polar surface area (TPSA) is 82.3 Å². The van der Waals surface area contributed by atoms with E-state index in [0.717, 1.165) is 10.2 Å². The number of aromatic nitrogens is 2. The summed E-state index contributed by atoms with van der Waals surface area (Å²) >= 11 is 1.64. The molecule has 0 saturated heterocycles. The molecule has 0 unspecified atom stereocenters. The fourth-order valence-corrected chi connectivity index (χ4v) is 2.94. The van der Waals surface area contributed by atoms with Crippen LogP contribution in [0.1, 0.15) is 23.2 Å². The molecule has 2 aromatic heterocycles. The fourth-order valence-electron chi connectivity index (χ4n) is 1.89. The molecule has 2 rings (SSSR count). The zero-order valence-corrected chi connectivity index (χ0v) is 12.8. The summed E-state index contributed by atoms with van der Waals surface area (Å²) in [6.07, 6.45) is 0. The maximum atomic E-state index is 5.56. The molecule has 2 heterocycles. The van der Waals surface area contributed by atoms with Crippen molar-refractivity contribution in [3.8, 4) is 0 Å². The van der Waals surface area contributed by atoms with Crippen LogP contribution in [0.3, 0.4) is 0 Å². The molecule has 2 aromatic rings. The van der Waals surface area contributed by atoms with Crippen LogP contribution in [0.15, 0.2) is 0 Å². The third-order valence-corrected chi connectivity index (χ3v) is 4.12. The summed E-state index contributed by atoms with van der Waals surface area (Å²) < 4.78 is 10.7. The van der Waals surface area contributed by atoms with E-state index in [9.17, 15) is 0 Å². The lowest BCUT2D eigenvalue weighted by atomic mass is 10.2. The van der Waals surface area contributed by atoms with Gasteiger partial charge in [0.05, 0.1) is 18.6 Å². The minimum atomic E-state index is 0.355. The second kappa shape index (κ2) is 6.94. The van der Waals surface area contributed by atoms with Crippen LogP contribution in [0.25, 0.3) is 10.2 Å². The number of nitrogens with two attached hydrogens (primary N) is 1. The number of hydrogen-bond donors (Lipinski definition) is 2. The maximum absolute atomic E-state index is 5.56. The number of thiophene rings is 1. The van der Waals surface area contributed by atoms with Crippen molar-refractivity contribution >= 4 is 27.4 Å². The minimum absolute atomic E-state index is 0.355. The minimum Gasteiger partial charge on any atom is -0.379 e. The normalized spacial score (nSPS) is 11.2. The monoisotopic (exact) mass is 296 g/mol. The summed E-state index contributed by atoms with van der Waals surface area (Å²) in [5, 5.41) is 0.994. The van der Waals surface area contributed by atoms with E-state index in [-0.39, 0.29) is 0 Å². The molecule has 0 aliphatic carbocycles. The van der Waals surface area contributed by atoms with Crippen LogP contribution in [0.5, 0.6) is 0 Å². The van der Waals surface area contributed by atoms with Gasteiger partial charge >= 0.3 is 0 Å². The standard InChI is InChI=1S/C13H20N4O2S/c1-4-18-5-6-19-7-10-15-12(17-14)11-8(2)9(3)20-13(11)16-10/h4-7,14H2,1-3H3,(H,15,16,17). The van der Waals surface area contributed by atoms with Gasteiger partial charge in [0.2, 0.25) is 0 Å². The van der Waals surface area contributed by atoms with Gasteiger partial charge in [-0.1, -0.05) is 0 Å². The number of nitrogens with zero attached hydrogens (tertiary/aromatic N) is 2. The number of ether oxygens (including phenoxy) is 2. The summed E-state index contributed by atoms with van der Waals surface area (Å²) in [5.41, 5.74) is 3.82. The van der Waals surface area contributed by atoms with Crippen LogP contribution in [-0.4, -0.2) is 29.8 Å². The van der Waals surface area contributed by atoms with Crippen molar-refractivity contribution in [2.24, 2.45) is 5.84 Å². The number of nitrogen functional groups attached to an aromatic ring is 1. The lowest BCUT2D eigenvalue weighted by Crippen LogP contribution is -2.12. The van der Waals surface area contributed by atoms with E-state index < -0.39 is 0 Å². The Morgan fingerprint density at radius 3 is 2.65 bits per heavy atom. The van der Waals surface area contributed by atoms with Crippen LogP contribution in [-0.2, 0) is 16.1 Å². The van der Waals surface area contributed by atoms with Crippen molar-refractivity contribution in [2.75, 3.05) is 25.2 Å². The summed E-state index contributed by atoms with van der Waals surface area (Å²) in [7, 11) is 0. The molecule has 6 nitrogen and oxygen atoms in total. The van der Waals surface area contributed by atoms with Crippen LogP contribution >= 0.6 is 11.3 Å². The average Bonchev–Trinajstić information content (AvgIpc) is 2.73. The number of nitrogens with one attached hydrogen (secondary N) is 1. The van der Waals surface area contributed by atoms with E-state index in [2.05, 4.69) is 29.2 Å². The number of rotatable bonds is 7. The van der Waals surface area contributed by atoms with Crippen molar-refractivity contribution in [1.29, 1.82) is 0 Å². The zero-order valence-electron chi connectivity index (χ0n) is 12.0. The summed E-state index contributed by atoms with van der Waals surface area (Å²) in [6, 6.07) is 0. The lowest BCUT2D eigenvalue weighted by Gasteiger charge is -2.07. The molecule has 0 spiro atoms. The number of hydrogen-bond acceptors (Lipinski definition) is 7. The number of hydrazine groups is 1. The SMILES string of the molecule is CCOCCOCc1nc(NN)c2c(C)c(C)sc2n1. The highest BCUT2D eigenvalue weighted by Crippen LogP contribution is 2.32. The molecule has 0 radical (unpaired) electrons. The number of aryl methyl sites for hydroxylation is 2. The first-order valence-corrected chi connectivity index (χ1v) is 7.37. The Balaban J connectivity index is 2.15. The molecule has 0 aliphatic rings. The van der Waals surface area contributed by atoms with Gasteiger partial charge in [0, 0.05) is 11.5 Å². The molecule has 0 aliphatic heterocycles. The van der Waals surface area contributed by atoms with E-state index >= 15 is 0 Å². The second-order valence-electron chi connectivity index (χ2n) is 4.35. The Labute approximate surface area is 122 Å². The molecule has 3 N–H and O–H groups in total. The van der Waals surface area contributed by atoms with Gasteiger partial charge in [-0.15, -0.1) is 11.3 Å². The van der Waals surface area contributed by atoms with Crippen molar-refractivity contribution in [1.82, 2.24) is 9.97 Å². The Bertz CT molecular complexity index is 585. The maximum Gasteiger partial charge on any atom is 0.158 e. The molecule has 20 heavy (non-hydrogen) atoms. The van der Waals surface area contributed by atoms with Crippen LogP contribution in [0.4, 0.5) is 5.82 Å². The Morgan fingerprint density at radius 1 is 1.20 bits per heavy atom. The molecule has 0 aromatic carbocycles. The van der Waals surface area contributed by atoms with E-state index in [1.54, 1.807) is 11.3 Å². The quantitative estimate of drug-likeness (QED) is 0.463. The van der Waals surface area contributed by atoms with Crippen molar-refractivity contribution < 1.29 is 9.47 Å². The van der Waals surface area contributed by atoms with Gasteiger partial charge in [0.1, 0.15) is 11.4 Å². The molecule has 0 fully saturated rings. The molecule has 0 saturated carbocycles. The number of anilines is 1. The van der Waals surface area contributed by atoms with Gasteiger partial charge < -0.3 is 14.9 Å². The van der Waals surface area contributed by atoms with Gasteiger partial charge in [0.25, 0.3) is 0 Å². The molecule has 0 amide bonds.